The number of carboxylic acid groups (broad SMARTS) is 1. The van der Waals surface area contributed by atoms with Gasteiger partial charge in [-0.3, -0.25) is 0 Å². The SMILES string of the molecule is O=C(O)c1[nH]c2ccccc2c1C1CCCC(Sc2cccc3ccccc23)C1. The Morgan fingerprint density at radius 1 is 0.931 bits per heavy atom. The highest BCUT2D eigenvalue weighted by Gasteiger charge is 2.30. The van der Waals surface area contributed by atoms with Crippen molar-refractivity contribution in [3.8, 4) is 0 Å². The lowest BCUT2D eigenvalue weighted by molar-refractivity contribution is 0.0689. The van der Waals surface area contributed by atoms with Crippen molar-refractivity contribution in [1.29, 1.82) is 0 Å². The van der Waals surface area contributed by atoms with Gasteiger partial charge in [0.2, 0.25) is 0 Å². The number of benzene rings is 3. The quantitative estimate of drug-likeness (QED) is 0.394. The number of aromatic nitrogens is 1. The number of rotatable bonds is 4. The van der Waals surface area contributed by atoms with Crippen molar-refractivity contribution in [3.05, 3.63) is 78.0 Å². The van der Waals surface area contributed by atoms with E-state index in [0.29, 0.717) is 10.9 Å². The Morgan fingerprint density at radius 3 is 2.55 bits per heavy atom. The van der Waals surface area contributed by atoms with Gasteiger partial charge in [0, 0.05) is 21.0 Å². The Kier molecular flexibility index (Phi) is 4.80. The molecule has 2 unspecified atom stereocenters. The number of carbonyl (C=O) groups is 1. The molecule has 2 atom stereocenters. The molecule has 146 valence electrons. The van der Waals surface area contributed by atoms with E-state index in [4.69, 9.17) is 0 Å². The summed E-state index contributed by atoms with van der Waals surface area (Å²) in [6.07, 6.45) is 4.37. The number of aromatic amines is 1. The zero-order valence-electron chi connectivity index (χ0n) is 16.1. The first-order valence-electron chi connectivity index (χ1n) is 10.2. The number of H-pyrrole nitrogens is 1. The third-order valence-electron chi connectivity index (χ3n) is 6.04. The Morgan fingerprint density at radius 2 is 1.69 bits per heavy atom. The summed E-state index contributed by atoms with van der Waals surface area (Å²) >= 11 is 1.96. The third-order valence-corrected chi connectivity index (χ3v) is 7.41. The highest BCUT2D eigenvalue weighted by Crippen LogP contribution is 2.44. The van der Waals surface area contributed by atoms with Crippen LogP contribution in [-0.2, 0) is 0 Å². The van der Waals surface area contributed by atoms with Crippen LogP contribution in [0.4, 0.5) is 0 Å². The van der Waals surface area contributed by atoms with Gasteiger partial charge in [-0.25, -0.2) is 4.79 Å². The highest BCUT2D eigenvalue weighted by molar-refractivity contribution is 8.00. The molecule has 3 nitrogen and oxygen atoms in total. The molecule has 4 heteroatoms. The summed E-state index contributed by atoms with van der Waals surface area (Å²) in [4.78, 5) is 16.4. The fraction of sp³-hybridized carbons (Fsp3) is 0.240. The topological polar surface area (TPSA) is 53.1 Å². The Bertz CT molecular complexity index is 1190. The zero-order valence-corrected chi connectivity index (χ0v) is 16.9. The average molecular weight is 402 g/mol. The summed E-state index contributed by atoms with van der Waals surface area (Å²) in [6, 6.07) is 23.0. The Balaban J connectivity index is 1.46. The van der Waals surface area contributed by atoms with E-state index in [1.165, 1.54) is 22.1 Å². The van der Waals surface area contributed by atoms with E-state index in [-0.39, 0.29) is 5.92 Å². The van der Waals surface area contributed by atoms with Crippen molar-refractivity contribution in [1.82, 2.24) is 4.98 Å². The van der Waals surface area contributed by atoms with Gasteiger partial charge in [-0.2, -0.15) is 0 Å². The van der Waals surface area contributed by atoms with Gasteiger partial charge < -0.3 is 10.1 Å². The van der Waals surface area contributed by atoms with E-state index in [2.05, 4.69) is 53.5 Å². The van der Waals surface area contributed by atoms with Crippen molar-refractivity contribution >= 4 is 39.4 Å². The van der Waals surface area contributed by atoms with Crippen LogP contribution in [-0.4, -0.2) is 21.3 Å². The molecule has 29 heavy (non-hydrogen) atoms. The van der Waals surface area contributed by atoms with Gasteiger partial charge in [0.15, 0.2) is 0 Å². The molecule has 0 spiro atoms. The first kappa shape index (κ1) is 18.3. The van der Waals surface area contributed by atoms with E-state index in [9.17, 15) is 9.90 Å². The molecular weight excluding hydrogens is 378 g/mol. The van der Waals surface area contributed by atoms with Crippen molar-refractivity contribution in [3.63, 3.8) is 0 Å². The number of hydrogen-bond acceptors (Lipinski definition) is 2. The molecule has 1 aliphatic rings. The van der Waals surface area contributed by atoms with Gasteiger partial charge in [-0.1, -0.05) is 61.0 Å². The number of carboxylic acids is 1. The summed E-state index contributed by atoms with van der Waals surface area (Å²) in [5, 5.41) is 13.9. The monoisotopic (exact) mass is 401 g/mol. The maximum Gasteiger partial charge on any atom is 0.352 e. The van der Waals surface area contributed by atoms with E-state index in [1.54, 1.807) is 0 Å². The Hall–Kier alpha value is -2.72. The first-order valence-corrected chi connectivity index (χ1v) is 11.1. The van der Waals surface area contributed by atoms with E-state index in [0.717, 1.165) is 35.7 Å². The number of thioether (sulfide) groups is 1. The lowest BCUT2D eigenvalue weighted by atomic mass is 9.82. The molecule has 3 aromatic carbocycles. The molecule has 5 rings (SSSR count). The molecule has 1 fully saturated rings. The van der Waals surface area contributed by atoms with Gasteiger partial charge in [0.1, 0.15) is 5.69 Å². The second kappa shape index (κ2) is 7.60. The number of nitrogens with one attached hydrogen (secondary N) is 1. The van der Waals surface area contributed by atoms with Gasteiger partial charge in [0.25, 0.3) is 0 Å². The number of aromatic carboxylic acids is 1. The molecule has 0 saturated heterocycles. The maximum atomic E-state index is 11.9. The fourth-order valence-corrected chi connectivity index (χ4v) is 6.19. The minimum absolute atomic E-state index is 0.276. The molecule has 0 bridgehead atoms. The molecule has 1 saturated carbocycles. The maximum absolute atomic E-state index is 11.9. The van der Waals surface area contributed by atoms with Gasteiger partial charge in [-0.05, 0) is 53.6 Å². The highest BCUT2D eigenvalue weighted by atomic mass is 32.2. The minimum atomic E-state index is -0.861. The van der Waals surface area contributed by atoms with Crippen LogP contribution < -0.4 is 0 Å². The van der Waals surface area contributed by atoms with E-state index < -0.39 is 5.97 Å². The Labute approximate surface area is 174 Å². The van der Waals surface area contributed by atoms with Gasteiger partial charge in [0.05, 0.1) is 0 Å². The van der Waals surface area contributed by atoms with Crippen LogP contribution in [0, 0.1) is 0 Å². The normalized spacial score (nSPS) is 19.6. The van der Waals surface area contributed by atoms with Gasteiger partial charge >= 0.3 is 5.97 Å². The van der Waals surface area contributed by atoms with Crippen LogP contribution in [0.5, 0.6) is 0 Å². The van der Waals surface area contributed by atoms with Crippen LogP contribution in [0.3, 0.4) is 0 Å². The smallest absolute Gasteiger partial charge is 0.352 e. The van der Waals surface area contributed by atoms with Crippen LogP contribution in [0.15, 0.2) is 71.6 Å². The van der Waals surface area contributed by atoms with Crippen molar-refractivity contribution in [2.45, 2.75) is 41.7 Å². The van der Waals surface area contributed by atoms with Crippen LogP contribution in [0.2, 0.25) is 0 Å². The first-order chi connectivity index (χ1) is 14.2. The number of fused-ring (bicyclic) bond motifs is 2. The van der Waals surface area contributed by atoms with E-state index >= 15 is 0 Å². The van der Waals surface area contributed by atoms with Crippen LogP contribution in [0.25, 0.3) is 21.7 Å². The largest absolute Gasteiger partial charge is 0.477 e. The standard InChI is InChI=1S/C25H23NO2S/c27-25(28)24-23(20-12-3-4-13-21(20)26-24)17-9-5-10-18(15-17)29-22-14-6-8-16-7-1-2-11-19(16)22/h1-4,6-8,11-14,17-18,26H,5,9-10,15H2,(H,27,28). The van der Waals surface area contributed by atoms with Crippen LogP contribution >= 0.6 is 11.8 Å². The molecular formula is C25H23NO2S. The lowest BCUT2D eigenvalue weighted by Gasteiger charge is -2.29. The van der Waals surface area contributed by atoms with Crippen molar-refractivity contribution < 1.29 is 9.90 Å². The van der Waals surface area contributed by atoms with E-state index in [1.807, 2.05) is 30.0 Å². The molecule has 1 aromatic heterocycles. The molecule has 1 heterocycles. The summed E-state index contributed by atoms with van der Waals surface area (Å²) in [6.45, 7) is 0. The summed E-state index contributed by atoms with van der Waals surface area (Å²) in [5.74, 6) is -0.585. The second-order valence-electron chi connectivity index (χ2n) is 7.85. The predicted molar refractivity (Wildman–Crippen MR) is 120 cm³/mol. The molecule has 2 N–H and O–H groups in total. The van der Waals surface area contributed by atoms with Crippen molar-refractivity contribution in [2.24, 2.45) is 0 Å². The lowest BCUT2D eigenvalue weighted by Crippen LogP contribution is -2.18. The second-order valence-corrected chi connectivity index (χ2v) is 9.19. The number of hydrogen-bond donors (Lipinski definition) is 2. The third kappa shape index (κ3) is 3.42. The summed E-state index contributed by atoms with van der Waals surface area (Å²) in [7, 11) is 0. The predicted octanol–water partition coefficient (Wildman–Crippen LogP) is 6.84. The average Bonchev–Trinajstić information content (AvgIpc) is 3.14. The van der Waals surface area contributed by atoms with Gasteiger partial charge in [-0.15, -0.1) is 11.8 Å². The van der Waals surface area contributed by atoms with Crippen molar-refractivity contribution in [2.75, 3.05) is 0 Å². The van der Waals surface area contributed by atoms with Crippen LogP contribution in [0.1, 0.15) is 47.7 Å². The minimum Gasteiger partial charge on any atom is -0.477 e. The molecule has 0 aliphatic heterocycles. The molecule has 0 amide bonds. The molecule has 1 aliphatic carbocycles. The zero-order chi connectivity index (χ0) is 19.8. The number of para-hydroxylation sites is 1. The fourth-order valence-electron chi connectivity index (χ4n) is 4.75. The summed E-state index contributed by atoms with van der Waals surface area (Å²) < 4.78 is 0. The molecule has 4 aromatic rings. The molecule has 0 radical (unpaired) electrons. The summed E-state index contributed by atoms with van der Waals surface area (Å²) in [5.41, 5.74) is 2.28.